The van der Waals surface area contributed by atoms with Gasteiger partial charge in [-0.1, -0.05) is 11.6 Å². The molecule has 1 saturated heterocycles. The Bertz CT molecular complexity index is 1020. The number of anilines is 1. The lowest BCUT2D eigenvalue weighted by atomic mass is 10.2. The predicted octanol–water partition coefficient (Wildman–Crippen LogP) is 2.08. The summed E-state index contributed by atoms with van der Waals surface area (Å²) in [5, 5.41) is 2.45. The third-order valence-electron chi connectivity index (χ3n) is 4.45. The first-order valence-electron chi connectivity index (χ1n) is 8.16. The Kier molecular flexibility index (Phi) is 4.37. The van der Waals surface area contributed by atoms with Gasteiger partial charge in [0.15, 0.2) is 4.96 Å². The Morgan fingerprint density at radius 1 is 1.15 bits per heavy atom. The minimum Gasteiger partial charge on any atom is -0.353 e. The number of pyridine rings is 1. The predicted molar refractivity (Wildman–Crippen MR) is 101 cm³/mol. The van der Waals surface area contributed by atoms with E-state index in [1.807, 2.05) is 18.4 Å². The smallest absolute Gasteiger partial charge is 0.271 e. The third-order valence-corrected chi connectivity index (χ3v) is 5.63. The molecule has 134 valence electrons. The summed E-state index contributed by atoms with van der Waals surface area (Å²) in [6.45, 7) is 4.17. The van der Waals surface area contributed by atoms with E-state index in [1.165, 1.54) is 21.9 Å². The van der Waals surface area contributed by atoms with E-state index in [4.69, 9.17) is 11.6 Å². The second kappa shape index (κ2) is 6.69. The van der Waals surface area contributed by atoms with Crippen LogP contribution in [0.15, 0.2) is 34.7 Å². The molecule has 7 nitrogen and oxygen atoms in total. The molecular weight excluding hydrogens is 374 g/mol. The largest absolute Gasteiger partial charge is 0.353 e. The lowest BCUT2D eigenvalue weighted by Gasteiger charge is -2.35. The number of piperazine rings is 1. The Hall–Kier alpha value is -2.45. The number of carbonyl (C=O) groups is 1. The molecule has 0 aliphatic carbocycles. The van der Waals surface area contributed by atoms with Crippen LogP contribution < -0.4 is 10.5 Å². The van der Waals surface area contributed by atoms with Crippen LogP contribution in [-0.2, 0) is 0 Å². The SMILES string of the molecule is Cc1csc2ncc(C(=O)N3CCN(c4ccc(Cl)cn4)CC3)c(=O)n12. The first kappa shape index (κ1) is 17.0. The molecule has 0 N–H and O–H groups in total. The van der Waals surface area contributed by atoms with Crippen molar-refractivity contribution in [2.75, 3.05) is 31.1 Å². The van der Waals surface area contributed by atoms with Crippen molar-refractivity contribution >= 4 is 39.6 Å². The highest BCUT2D eigenvalue weighted by Gasteiger charge is 2.25. The standard InChI is InChI=1S/C17H16ClN5O2S/c1-11-10-26-17-20-9-13(16(25)23(11)17)15(24)22-6-4-21(5-7-22)14-3-2-12(18)8-19-14/h2-3,8-10H,4-7H2,1H3. The monoisotopic (exact) mass is 389 g/mol. The van der Waals surface area contributed by atoms with E-state index >= 15 is 0 Å². The van der Waals surface area contributed by atoms with Crippen LogP contribution in [0.5, 0.6) is 0 Å². The topological polar surface area (TPSA) is 70.8 Å². The first-order valence-corrected chi connectivity index (χ1v) is 9.42. The van der Waals surface area contributed by atoms with Gasteiger partial charge in [0.2, 0.25) is 0 Å². The number of amides is 1. The molecule has 3 aromatic rings. The highest BCUT2D eigenvalue weighted by molar-refractivity contribution is 7.15. The van der Waals surface area contributed by atoms with Crippen LogP contribution in [0.3, 0.4) is 0 Å². The number of aromatic nitrogens is 3. The molecule has 3 aromatic heterocycles. The lowest BCUT2D eigenvalue weighted by molar-refractivity contribution is 0.0744. The number of hydrogen-bond acceptors (Lipinski definition) is 6. The Morgan fingerprint density at radius 3 is 2.62 bits per heavy atom. The molecule has 0 spiro atoms. The van der Waals surface area contributed by atoms with E-state index < -0.39 is 0 Å². The average molecular weight is 390 g/mol. The molecule has 0 radical (unpaired) electrons. The fourth-order valence-electron chi connectivity index (χ4n) is 3.04. The van der Waals surface area contributed by atoms with Crippen LogP contribution in [0, 0.1) is 6.92 Å². The van der Waals surface area contributed by atoms with Crippen LogP contribution in [0.4, 0.5) is 5.82 Å². The molecule has 4 heterocycles. The van der Waals surface area contributed by atoms with E-state index in [0.717, 1.165) is 11.5 Å². The molecular formula is C17H16ClN5O2S. The van der Waals surface area contributed by atoms with Crippen LogP contribution in [0.25, 0.3) is 4.96 Å². The molecule has 1 amide bonds. The third kappa shape index (κ3) is 2.95. The van der Waals surface area contributed by atoms with Crippen LogP contribution >= 0.6 is 22.9 Å². The van der Waals surface area contributed by atoms with Gasteiger partial charge >= 0.3 is 0 Å². The van der Waals surface area contributed by atoms with E-state index in [1.54, 1.807) is 17.2 Å². The molecule has 1 aliphatic rings. The maximum absolute atomic E-state index is 12.8. The number of carbonyl (C=O) groups excluding carboxylic acids is 1. The molecule has 4 rings (SSSR count). The number of halogens is 1. The highest BCUT2D eigenvalue weighted by Crippen LogP contribution is 2.17. The number of fused-ring (bicyclic) bond motifs is 1. The van der Waals surface area contributed by atoms with Gasteiger partial charge in [-0.2, -0.15) is 0 Å². The Labute approximate surface area is 158 Å². The van der Waals surface area contributed by atoms with E-state index in [2.05, 4.69) is 14.9 Å². The van der Waals surface area contributed by atoms with Gasteiger partial charge in [-0.3, -0.25) is 14.0 Å². The van der Waals surface area contributed by atoms with Crippen molar-refractivity contribution in [3.63, 3.8) is 0 Å². The number of thiazole rings is 1. The van der Waals surface area contributed by atoms with Gasteiger partial charge in [-0.25, -0.2) is 9.97 Å². The number of rotatable bonds is 2. The summed E-state index contributed by atoms with van der Waals surface area (Å²) in [6.07, 6.45) is 3.00. The summed E-state index contributed by atoms with van der Waals surface area (Å²) in [5.74, 6) is 0.560. The Balaban J connectivity index is 1.52. The quantitative estimate of drug-likeness (QED) is 0.671. The fourth-order valence-corrected chi connectivity index (χ4v) is 3.97. The molecule has 0 atom stereocenters. The maximum Gasteiger partial charge on any atom is 0.271 e. The van der Waals surface area contributed by atoms with E-state index in [9.17, 15) is 9.59 Å². The molecule has 0 unspecified atom stereocenters. The summed E-state index contributed by atoms with van der Waals surface area (Å²) >= 11 is 7.26. The second-order valence-corrected chi connectivity index (χ2v) is 7.36. The van der Waals surface area contributed by atoms with Gasteiger partial charge in [-0.15, -0.1) is 11.3 Å². The van der Waals surface area contributed by atoms with Gasteiger partial charge in [0.25, 0.3) is 11.5 Å². The van der Waals surface area contributed by atoms with E-state index in [0.29, 0.717) is 36.2 Å². The summed E-state index contributed by atoms with van der Waals surface area (Å²) < 4.78 is 1.49. The van der Waals surface area contributed by atoms with Crippen LogP contribution in [0.2, 0.25) is 5.02 Å². The van der Waals surface area contributed by atoms with Crippen molar-refractivity contribution in [1.29, 1.82) is 0 Å². The van der Waals surface area contributed by atoms with Crippen molar-refractivity contribution in [2.24, 2.45) is 0 Å². The number of aryl methyl sites for hydroxylation is 1. The molecule has 9 heteroatoms. The van der Waals surface area contributed by atoms with Gasteiger partial charge < -0.3 is 9.80 Å². The van der Waals surface area contributed by atoms with Crippen molar-refractivity contribution in [3.8, 4) is 0 Å². The first-order chi connectivity index (χ1) is 12.5. The zero-order valence-corrected chi connectivity index (χ0v) is 15.6. The average Bonchev–Trinajstić information content (AvgIpc) is 3.04. The number of hydrogen-bond donors (Lipinski definition) is 0. The van der Waals surface area contributed by atoms with Gasteiger partial charge in [0.05, 0.1) is 5.02 Å². The molecule has 1 aliphatic heterocycles. The van der Waals surface area contributed by atoms with Crippen molar-refractivity contribution in [2.45, 2.75) is 6.92 Å². The lowest BCUT2D eigenvalue weighted by Crippen LogP contribution is -2.50. The van der Waals surface area contributed by atoms with Crippen LogP contribution in [-0.4, -0.2) is 51.4 Å². The normalized spacial score (nSPS) is 14.8. The summed E-state index contributed by atoms with van der Waals surface area (Å²) in [4.78, 5) is 38.4. The van der Waals surface area contributed by atoms with Crippen molar-refractivity contribution in [3.05, 3.63) is 56.5 Å². The van der Waals surface area contributed by atoms with Gasteiger partial charge in [0.1, 0.15) is 11.4 Å². The zero-order valence-electron chi connectivity index (χ0n) is 14.1. The number of nitrogens with zero attached hydrogens (tertiary/aromatic N) is 5. The minimum absolute atomic E-state index is 0.113. The summed E-state index contributed by atoms with van der Waals surface area (Å²) in [7, 11) is 0. The molecule has 0 aromatic carbocycles. The van der Waals surface area contributed by atoms with Gasteiger partial charge in [0, 0.05) is 49.6 Å². The second-order valence-electron chi connectivity index (χ2n) is 6.09. The van der Waals surface area contributed by atoms with Crippen LogP contribution in [0.1, 0.15) is 16.1 Å². The molecule has 26 heavy (non-hydrogen) atoms. The summed E-state index contributed by atoms with van der Waals surface area (Å²) in [6, 6.07) is 3.66. The minimum atomic E-state index is -0.305. The van der Waals surface area contributed by atoms with Gasteiger partial charge in [-0.05, 0) is 19.1 Å². The molecule has 0 bridgehead atoms. The molecule has 0 saturated carbocycles. The Morgan fingerprint density at radius 2 is 1.92 bits per heavy atom. The molecule has 1 fully saturated rings. The zero-order chi connectivity index (χ0) is 18.3. The van der Waals surface area contributed by atoms with Crippen molar-refractivity contribution in [1.82, 2.24) is 19.3 Å². The fraction of sp³-hybridized carbons (Fsp3) is 0.294. The van der Waals surface area contributed by atoms with E-state index in [-0.39, 0.29) is 17.0 Å². The maximum atomic E-state index is 12.8. The van der Waals surface area contributed by atoms with Crippen molar-refractivity contribution < 1.29 is 4.79 Å². The highest BCUT2D eigenvalue weighted by atomic mass is 35.5. The summed E-state index contributed by atoms with van der Waals surface area (Å²) in [5.41, 5.74) is 0.596.